The molecule has 6 aromatic rings. The van der Waals surface area contributed by atoms with E-state index < -0.39 is 17.6 Å². The molecule has 0 spiro atoms. The molecule has 3 aromatic heterocycles. The minimum Gasteiger partial charge on any atom is -0.461 e. The van der Waals surface area contributed by atoms with Crippen LogP contribution < -0.4 is 19.9 Å². The van der Waals surface area contributed by atoms with Gasteiger partial charge in [0, 0.05) is 80.9 Å². The molecule has 3 amide bonds. The number of aryl methyl sites for hydroxylation is 2. The van der Waals surface area contributed by atoms with Crippen molar-refractivity contribution in [2.45, 2.75) is 114 Å². The number of halogens is 2. The summed E-state index contributed by atoms with van der Waals surface area (Å²) in [5.41, 5.74) is 3.86. The van der Waals surface area contributed by atoms with Gasteiger partial charge in [0.15, 0.2) is 5.82 Å². The first-order valence-corrected chi connectivity index (χ1v) is 28.7. The van der Waals surface area contributed by atoms with Gasteiger partial charge in [-0.1, -0.05) is 37.1 Å². The van der Waals surface area contributed by atoms with E-state index in [0.717, 1.165) is 106 Å². The SMILES string of the molecule is C#Cc1c(F)ccc2cccc(-c3nc4c5c(nc(OC[C@@]67CCCN6[C@H](COC(=O)N6CC[C@H](CC8CCN(c9ccc%10c(C%11CCC(=O)NC%11=O)nn(C)c%10c9)CC8)[C@@H](C)C6)CC7)nc5c3F)N3CCCOC[C@@H]3CC4)c12. The fourth-order valence-electron chi connectivity index (χ4n) is 14.7. The molecule has 0 radical (unpaired) electrons. The summed E-state index contributed by atoms with van der Waals surface area (Å²) in [5.74, 6) is 2.50. The largest absolute Gasteiger partial charge is 0.461 e. The maximum absolute atomic E-state index is 17.5. The third-order valence-electron chi connectivity index (χ3n) is 18.9. The van der Waals surface area contributed by atoms with Crippen LogP contribution in [-0.2, 0) is 32.5 Å². The molecule has 10 heterocycles. The minimum atomic E-state index is -0.640. The summed E-state index contributed by atoms with van der Waals surface area (Å²) in [5, 5.41) is 9.84. The Morgan fingerprint density at radius 2 is 1.81 bits per heavy atom. The van der Waals surface area contributed by atoms with Gasteiger partial charge in [-0.2, -0.15) is 15.1 Å². The lowest BCUT2D eigenvalue weighted by Gasteiger charge is -2.40. The first-order valence-electron chi connectivity index (χ1n) is 28.7. The number of nitrogens with zero attached hydrogens (tertiary/aromatic N) is 9. The summed E-state index contributed by atoms with van der Waals surface area (Å²) in [4.78, 5) is 62.2. The van der Waals surface area contributed by atoms with E-state index in [1.54, 1.807) is 18.2 Å². The third kappa shape index (κ3) is 9.37. The molecule has 1 N–H and O–H groups in total. The van der Waals surface area contributed by atoms with Crippen LogP contribution >= 0.6 is 0 Å². The lowest BCUT2D eigenvalue weighted by Crippen LogP contribution is -2.49. The van der Waals surface area contributed by atoms with Gasteiger partial charge in [-0.05, 0) is 131 Å². The normalized spacial score (nSPS) is 25.8. The van der Waals surface area contributed by atoms with Crippen molar-refractivity contribution in [2.75, 3.05) is 75.5 Å². The summed E-state index contributed by atoms with van der Waals surface area (Å²) < 4.78 is 53.4. The Morgan fingerprint density at radius 3 is 2.65 bits per heavy atom. The van der Waals surface area contributed by atoms with Crippen LogP contribution in [0.3, 0.4) is 0 Å². The maximum atomic E-state index is 17.5. The summed E-state index contributed by atoms with van der Waals surface area (Å²) in [6, 6.07) is 14.9. The Kier molecular flexibility index (Phi) is 13.6. The van der Waals surface area contributed by atoms with E-state index in [2.05, 4.69) is 51.1 Å². The second-order valence-electron chi connectivity index (χ2n) is 23.5. The highest BCUT2D eigenvalue weighted by atomic mass is 19.1. The number of carbonyl (C=O) groups excluding carboxylic acids is 3. The van der Waals surface area contributed by atoms with Crippen LogP contribution in [0.2, 0.25) is 0 Å². The van der Waals surface area contributed by atoms with E-state index >= 15 is 8.78 Å². The van der Waals surface area contributed by atoms with Crippen molar-refractivity contribution < 1.29 is 37.4 Å². The molecular weight excluding hydrogens is 1010 g/mol. The highest BCUT2D eigenvalue weighted by Gasteiger charge is 2.50. The van der Waals surface area contributed by atoms with Gasteiger partial charge in [0.1, 0.15) is 36.1 Å². The van der Waals surface area contributed by atoms with Gasteiger partial charge in [-0.25, -0.2) is 18.6 Å². The number of aromatic nitrogens is 5. The lowest BCUT2D eigenvalue weighted by atomic mass is 9.78. The summed E-state index contributed by atoms with van der Waals surface area (Å²) in [6.45, 7) is 8.88. The van der Waals surface area contributed by atoms with E-state index in [1.807, 2.05) is 22.7 Å². The molecule has 7 aliphatic rings. The first kappa shape index (κ1) is 51.5. The number of benzene rings is 3. The summed E-state index contributed by atoms with van der Waals surface area (Å²) >= 11 is 0. The molecule has 412 valence electrons. The molecule has 18 heteroatoms. The Labute approximate surface area is 458 Å². The van der Waals surface area contributed by atoms with Crippen LogP contribution in [0.25, 0.3) is 43.8 Å². The minimum absolute atomic E-state index is 0.00441. The quantitative estimate of drug-likeness (QED) is 0.103. The number of piperidine rings is 3. The molecule has 0 bridgehead atoms. The standard InChI is InChI=1S/C61H68F2N10O6/c1-4-43-47(62)15-10-38-8-5-9-45(51(38)43)55-53(63)56-52-48(64-55)16-12-41-33-77-29-7-24-72(41)57(52)67-59(66-56)79-35-61-22-6-25-73(61)42(18-23-61)34-78-60(76)71-28-21-39(36(2)32-71)30-37-19-26-70(27-20-37)40-11-13-44-49(31-40)69(3)68-54(44)46-14-17-50(74)65-58(46)75/h1,5,8-11,13,15,31,36-37,39,41-42,46H,6-7,12,14,16-30,32-35H2,2-3H3,(H,65,74,75)/t36-,39+,41-,42-,46?,61-/m0/s1. The zero-order valence-electron chi connectivity index (χ0n) is 45.2. The van der Waals surface area contributed by atoms with Crippen LogP contribution in [-0.4, -0.2) is 136 Å². The predicted octanol–water partition coefficient (Wildman–Crippen LogP) is 8.83. The van der Waals surface area contributed by atoms with Gasteiger partial charge >= 0.3 is 12.1 Å². The van der Waals surface area contributed by atoms with Crippen molar-refractivity contribution >= 4 is 62.0 Å². The van der Waals surface area contributed by atoms with Crippen LogP contribution in [0.1, 0.15) is 107 Å². The molecule has 13 rings (SSSR count). The number of hydrogen-bond acceptors (Lipinski definition) is 13. The zero-order chi connectivity index (χ0) is 54.1. The molecule has 6 atom stereocenters. The first-order chi connectivity index (χ1) is 38.4. The van der Waals surface area contributed by atoms with Crippen LogP contribution in [0.5, 0.6) is 6.01 Å². The number of nitrogens with one attached hydrogen (secondary N) is 1. The highest BCUT2D eigenvalue weighted by molar-refractivity contribution is 6.04. The number of imide groups is 1. The number of hydrogen-bond donors (Lipinski definition) is 1. The average molecular weight is 1080 g/mol. The molecule has 0 aliphatic carbocycles. The van der Waals surface area contributed by atoms with E-state index in [0.29, 0.717) is 116 Å². The topological polar surface area (TPSA) is 160 Å². The molecule has 6 fully saturated rings. The van der Waals surface area contributed by atoms with Crippen molar-refractivity contribution in [3.63, 3.8) is 0 Å². The molecule has 1 unspecified atom stereocenters. The second kappa shape index (κ2) is 20.9. The molecule has 3 aromatic carbocycles. The number of pyridine rings is 1. The fourth-order valence-corrected chi connectivity index (χ4v) is 14.7. The van der Waals surface area contributed by atoms with E-state index in [9.17, 15) is 14.4 Å². The highest BCUT2D eigenvalue weighted by Crippen LogP contribution is 2.45. The number of anilines is 2. The Balaban J connectivity index is 0.641. The summed E-state index contributed by atoms with van der Waals surface area (Å²) in [6.07, 6.45) is 16.4. The number of carbonyl (C=O) groups is 3. The van der Waals surface area contributed by atoms with Crippen LogP contribution in [0.4, 0.5) is 25.1 Å². The third-order valence-corrected chi connectivity index (χ3v) is 18.9. The maximum Gasteiger partial charge on any atom is 0.409 e. The number of amides is 3. The van der Waals surface area contributed by atoms with Crippen molar-refractivity contribution in [3.05, 3.63) is 77.1 Å². The Hall–Kier alpha value is -6.97. The Morgan fingerprint density at radius 1 is 0.937 bits per heavy atom. The van der Waals surface area contributed by atoms with Gasteiger partial charge in [-0.3, -0.25) is 24.5 Å². The van der Waals surface area contributed by atoms with E-state index in [1.165, 1.54) is 6.07 Å². The van der Waals surface area contributed by atoms with Gasteiger partial charge in [-0.15, -0.1) is 6.42 Å². The molecule has 0 saturated carbocycles. The average Bonchev–Trinajstić information content (AvgIpc) is 4.26. The van der Waals surface area contributed by atoms with E-state index in [4.69, 9.17) is 40.7 Å². The van der Waals surface area contributed by atoms with Gasteiger partial charge in [0.25, 0.3) is 0 Å². The smallest absolute Gasteiger partial charge is 0.409 e. The van der Waals surface area contributed by atoms with Crippen molar-refractivity contribution in [3.8, 4) is 29.6 Å². The Bertz CT molecular complexity index is 3450. The predicted molar refractivity (Wildman–Crippen MR) is 296 cm³/mol. The summed E-state index contributed by atoms with van der Waals surface area (Å²) in [7, 11) is 1.91. The van der Waals surface area contributed by atoms with Crippen LogP contribution in [0.15, 0.2) is 48.5 Å². The number of likely N-dealkylation sites (tertiary alicyclic amines) is 1. The monoisotopic (exact) mass is 1070 g/mol. The molecule has 7 aliphatic heterocycles. The van der Waals surface area contributed by atoms with Gasteiger partial charge in [0.05, 0.1) is 52.0 Å². The number of rotatable bonds is 10. The lowest BCUT2D eigenvalue weighted by molar-refractivity contribution is -0.134. The number of ether oxygens (including phenoxy) is 3. The number of terminal acetylenes is 1. The van der Waals surface area contributed by atoms with Gasteiger partial charge in [0.2, 0.25) is 11.8 Å². The van der Waals surface area contributed by atoms with Crippen LogP contribution in [0, 0.1) is 41.7 Å². The number of fused-ring (bicyclic) bond motifs is 5. The molecular formula is C61H68F2N10O6. The molecule has 16 nitrogen and oxygen atoms in total. The van der Waals surface area contributed by atoms with Gasteiger partial charge < -0.3 is 28.9 Å². The van der Waals surface area contributed by atoms with Crippen molar-refractivity contribution in [1.29, 1.82) is 0 Å². The fraction of sp³-hybridized carbons (Fsp3) is 0.525. The molecule has 79 heavy (non-hydrogen) atoms. The molecule has 6 saturated heterocycles. The van der Waals surface area contributed by atoms with E-state index in [-0.39, 0.29) is 58.3 Å². The van der Waals surface area contributed by atoms with Crippen molar-refractivity contribution in [2.24, 2.45) is 24.8 Å². The second-order valence-corrected chi connectivity index (χ2v) is 23.5. The van der Waals surface area contributed by atoms with Crippen molar-refractivity contribution in [1.82, 2.24) is 39.8 Å². The zero-order valence-corrected chi connectivity index (χ0v) is 45.2.